The predicted octanol–water partition coefficient (Wildman–Crippen LogP) is 4.12. The molecule has 0 unspecified atom stereocenters. The molecule has 2 nitrogen and oxygen atoms in total. The number of fused-ring (bicyclic) bond motifs is 1. The summed E-state index contributed by atoms with van der Waals surface area (Å²) >= 11 is 4.69. The fourth-order valence-electron chi connectivity index (χ4n) is 1.60. The minimum absolute atomic E-state index is 0.923. The summed E-state index contributed by atoms with van der Waals surface area (Å²) in [6, 6.07) is 4.26. The minimum atomic E-state index is 0.923. The van der Waals surface area contributed by atoms with Crippen LogP contribution in [-0.2, 0) is 8.86 Å². The lowest BCUT2D eigenvalue weighted by atomic mass is 10.1. The summed E-state index contributed by atoms with van der Waals surface area (Å²) in [6.07, 6.45) is 0. The van der Waals surface area contributed by atoms with E-state index >= 15 is 0 Å². The van der Waals surface area contributed by atoms with Crippen molar-refractivity contribution in [3.05, 3.63) is 34.6 Å². The van der Waals surface area contributed by atoms with Crippen molar-refractivity contribution in [3.8, 4) is 0 Å². The first kappa shape index (κ1) is 12.5. The number of aromatic nitrogens is 2. The van der Waals surface area contributed by atoms with Gasteiger partial charge >= 0.3 is 0 Å². The number of nitrogens with zero attached hydrogens (tertiary/aromatic N) is 2. The Balaban J connectivity index is 2.73. The number of aryl methyl sites for hydroxylation is 2. The smallest absolute Gasteiger partial charge is 0.0893 e. The highest BCUT2D eigenvalue weighted by molar-refractivity contribution is 14.1. The standard InChI is InChI=1S/C12H12I2N2/c1-7-3-9-10(4-8(7)2)16-12(6-14)11(5-13)15-9/h3-4H,5-6H2,1-2H3. The van der Waals surface area contributed by atoms with E-state index in [9.17, 15) is 0 Å². The molecule has 0 bridgehead atoms. The molecule has 0 radical (unpaired) electrons. The largest absolute Gasteiger partial charge is 0.248 e. The topological polar surface area (TPSA) is 25.8 Å². The molecule has 0 saturated heterocycles. The third-order valence-electron chi connectivity index (χ3n) is 2.69. The van der Waals surface area contributed by atoms with E-state index in [0.717, 1.165) is 31.3 Å². The molecule has 1 heterocycles. The van der Waals surface area contributed by atoms with Crippen molar-refractivity contribution >= 4 is 56.2 Å². The minimum Gasteiger partial charge on any atom is -0.248 e. The molecular formula is C12H12I2N2. The predicted molar refractivity (Wildman–Crippen MR) is 84.5 cm³/mol. The van der Waals surface area contributed by atoms with E-state index in [-0.39, 0.29) is 0 Å². The maximum Gasteiger partial charge on any atom is 0.0893 e. The zero-order valence-electron chi connectivity index (χ0n) is 9.22. The highest BCUT2D eigenvalue weighted by atomic mass is 127. The highest BCUT2D eigenvalue weighted by Crippen LogP contribution is 2.20. The molecule has 0 spiro atoms. The Morgan fingerprint density at radius 3 is 1.56 bits per heavy atom. The number of hydrogen-bond donors (Lipinski definition) is 0. The normalized spacial score (nSPS) is 11.0. The van der Waals surface area contributed by atoms with Gasteiger partial charge in [-0.05, 0) is 37.1 Å². The van der Waals surface area contributed by atoms with Gasteiger partial charge in [-0.25, -0.2) is 9.97 Å². The molecule has 84 valence electrons. The van der Waals surface area contributed by atoms with Gasteiger partial charge in [0.1, 0.15) is 0 Å². The third kappa shape index (κ3) is 2.32. The molecular weight excluding hydrogens is 426 g/mol. The lowest BCUT2D eigenvalue weighted by molar-refractivity contribution is 1.09. The Kier molecular flexibility index (Phi) is 3.99. The summed E-state index contributed by atoms with van der Waals surface area (Å²) in [4.78, 5) is 9.38. The van der Waals surface area contributed by atoms with Crippen LogP contribution in [0.3, 0.4) is 0 Å². The summed E-state index contributed by atoms with van der Waals surface area (Å²) in [5.41, 5.74) is 6.83. The maximum absolute atomic E-state index is 4.69. The van der Waals surface area contributed by atoms with Gasteiger partial charge < -0.3 is 0 Å². The first-order valence-electron chi connectivity index (χ1n) is 5.04. The Hall–Kier alpha value is 0.0200. The van der Waals surface area contributed by atoms with Gasteiger partial charge in [0.25, 0.3) is 0 Å². The number of rotatable bonds is 2. The second kappa shape index (κ2) is 5.12. The summed E-state index contributed by atoms with van der Waals surface area (Å²) in [5.74, 6) is 0. The van der Waals surface area contributed by atoms with Gasteiger partial charge in [-0.1, -0.05) is 45.2 Å². The van der Waals surface area contributed by atoms with Crippen LogP contribution in [0.1, 0.15) is 22.5 Å². The average molecular weight is 438 g/mol. The van der Waals surface area contributed by atoms with Crippen LogP contribution in [0.15, 0.2) is 12.1 Å². The van der Waals surface area contributed by atoms with Crippen molar-refractivity contribution in [1.29, 1.82) is 0 Å². The summed E-state index contributed by atoms with van der Waals surface area (Å²) in [7, 11) is 0. The quantitative estimate of drug-likeness (QED) is 0.521. The molecule has 0 saturated carbocycles. The van der Waals surface area contributed by atoms with Gasteiger partial charge in [-0.3, -0.25) is 0 Å². The molecule has 0 atom stereocenters. The van der Waals surface area contributed by atoms with Crippen molar-refractivity contribution in [2.24, 2.45) is 0 Å². The van der Waals surface area contributed by atoms with E-state index in [2.05, 4.69) is 71.2 Å². The van der Waals surface area contributed by atoms with Crippen LogP contribution in [0, 0.1) is 13.8 Å². The van der Waals surface area contributed by atoms with Gasteiger partial charge in [0, 0.05) is 8.86 Å². The van der Waals surface area contributed by atoms with Gasteiger partial charge in [-0.2, -0.15) is 0 Å². The molecule has 0 N–H and O–H groups in total. The van der Waals surface area contributed by atoms with Crippen LogP contribution in [0.2, 0.25) is 0 Å². The molecule has 2 aromatic rings. The Morgan fingerprint density at radius 1 is 0.875 bits per heavy atom. The molecule has 0 aliphatic rings. The maximum atomic E-state index is 4.69. The first-order chi connectivity index (χ1) is 7.65. The number of halogens is 2. The summed E-state index contributed by atoms with van der Waals surface area (Å²) in [6.45, 7) is 4.23. The molecule has 2 rings (SSSR count). The second-order valence-corrected chi connectivity index (χ2v) is 5.34. The SMILES string of the molecule is Cc1cc2nc(CI)c(CI)nc2cc1C. The van der Waals surface area contributed by atoms with E-state index in [4.69, 9.17) is 9.97 Å². The first-order valence-corrected chi connectivity index (χ1v) is 8.09. The lowest BCUT2D eigenvalue weighted by Gasteiger charge is -2.07. The fraction of sp³-hybridized carbons (Fsp3) is 0.333. The summed E-state index contributed by atoms with van der Waals surface area (Å²) in [5, 5.41) is 0. The Bertz CT molecular complexity index is 490. The van der Waals surface area contributed by atoms with Gasteiger partial charge in [0.05, 0.1) is 22.4 Å². The van der Waals surface area contributed by atoms with Crippen LogP contribution in [0.5, 0.6) is 0 Å². The van der Waals surface area contributed by atoms with Crippen LogP contribution in [0.4, 0.5) is 0 Å². The van der Waals surface area contributed by atoms with Crippen molar-refractivity contribution < 1.29 is 0 Å². The van der Waals surface area contributed by atoms with Crippen molar-refractivity contribution in [2.75, 3.05) is 0 Å². The molecule has 16 heavy (non-hydrogen) atoms. The van der Waals surface area contributed by atoms with E-state index in [0.29, 0.717) is 0 Å². The summed E-state index contributed by atoms with van der Waals surface area (Å²) < 4.78 is 1.85. The Morgan fingerprint density at radius 2 is 1.25 bits per heavy atom. The van der Waals surface area contributed by atoms with Crippen molar-refractivity contribution in [3.63, 3.8) is 0 Å². The highest BCUT2D eigenvalue weighted by Gasteiger charge is 2.07. The van der Waals surface area contributed by atoms with E-state index in [1.165, 1.54) is 11.1 Å². The molecule has 0 aliphatic carbocycles. The van der Waals surface area contributed by atoms with Crippen molar-refractivity contribution in [2.45, 2.75) is 22.7 Å². The number of hydrogen-bond acceptors (Lipinski definition) is 2. The monoisotopic (exact) mass is 438 g/mol. The lowest BCUT2D eigenvalue weighted by Crippen LogP contribution is -1.99. The van der Waals surface area contributed by atoms with Crippen LogP contribution < -0.4 is 0 Å². The third-order valence-corrected chi connectivity index (χ3v) is 4.13. The van der Waals surface area contributed by atoms with Crippen LogP contribution in [-0.4, -0.2) is 9.97 Å². The van der Waals surface area contributed by atoms with Crippen LogP contribution >= 0.6 is 45.2 Å². The number of benzene rings is 1. The molecule has 4 heteroatoms. The van der Waals surface area contributed by atoms with E-state index < -0.39 is 0 Å². The second-order valence-electron chi connectivity index (χ2n) is 3.81. The Labute approximate surface area is 123 Å². The molecule has 1 aromatic heterocycles. The zero-order valence-corrected chi connectivity index (χ0v) is 13.5. The van der Waals surface area contributed by atoms with Gasteiger partial charge in [-0.15, -0.1) is 0 Å². The zero-order chi connectivity index (χ0) is 11.7. The molecule has 0 amide bonds. The van der Waals surface area contributed by atoms with Crippen molar-refractivity contribution in [1.82, 2.24) is 9.97 Å². The molecule has 1 aromatic carbocycles. The van der Waals surface area contributed by atoms with E-state index in [1.54, 1.807) is 0 Å². The molecule has 0 aliphatic heterocycles. The van der Waals surface area contributed by atoms with Gasteiger partial charge in [0.15, 0.2) is 0 Å². The van der Waals surface area contributed by atoms with Gasteiger partial charge in [0.2, 0.25) is 0 Å². The van der Waals surface area contributed by atoms with E-state index in [1.807, 2.05) is 0 Å². The van der Waals surface area contributed by atoms with Crippen LogP contribution in [0.25, 0.3) is 11.0 Å². The number of alkyl halides is 2. The average Bonchev–Trinajstić information content (AvgIpc) is 2.29. The molecule has 0 fully saturated rings. The fourth-order valence-corrected chi connectivity index (χ4v) is 2.82.